The summed E-state index contributed by atoms with van der Waals surface area (Å²) < 4.78 is 32.8. The van der Waals surface area contributed by atoms with Crippen molar-refractivity contribution < 1.29 is 18.3 Å². The van der Waals surface area contributed by atoms with Gasteiger partial charge in [-0.2, -0.15) is 5.10 Å². The van der Waals surface area contributed by atoms with E-state index in [2.05, 4.69) is 10.4 Å². The first-order chi connectivity index (χ1) is 11.6. The van der Waals surface area contributed by atoms with Crippen LogP contribution in [0.4, 0.5) is 14.5 Å². The molecule has 0 bridgehead atoms. The summed E-state index contributed by atoms with van der Waals surface area (Å²) in [4.78, 5) is 12.4. The normalized spacial score (nSPS) is 10.5. The standard InChI is InChI=1S/C17H13F2N3O2/c1-24-15-10-22(12-5-3-2-4-6-12)21-16(15)17(23)20-11-7-8-13(18)14(19)9-11/h2-10H,1H3,(H,20,23). The van der Waals surface area contributed by atoms with E-state index in [4.69, 9.17) is 4.74 Å². The van der Waals surface area contributed by atoms with Gasteiger partial charge in [0.2, 0.25) is 0 Å². The number of carbonyl (C=O) groups is 1. The first-order valence-electron chi connectivity index (χ1n) is 7.04. The number of nitrogens with zero attached hydrogens (tertiary/aromatic N) is 2. The van der Waals surface area contributed by atoms with Crippen molar-refractivity contribution in [3.8, 4) is 11.4 Å². The molecule has 0 unspecified atom stereocenters. The topological polar surface area (TPSA) is 56.2 Å². The minimum absolute atomic E-state index is 0.0334. The summed E-state index contributed by atoms with van der Waals surface area (Å²) in [6, 6.07) is 12.3. The van der Waals surface area contributed by atoms with Crippen LogP contribution in [-0.2, 0) is 0 Å². The minimum atomic E-state index is -1.05. The van der Waals surface area contributed by atoms with Crippen LogP contribution < -0.4 is 10.1 Å². The first kappa shape index (κ1) is 15.7. The quantitative estimate of drug-likeness (QED) is 0.798. The number of hydrogen-bond donors (Lipinski definition) is 1. The van der Waals surface area contributed by atoms with Gasteiger partial charge in [-0.1, -0.05) is 18.2 Å². The summed E-state index contributed by atoms with van der Waals surface area (Å²) in [7, 11) is 1.42. The molecule has 2 aromatic carbocycles. The van der Waals surface area contributed by atoms with Crippen molar-refractivity contribution in [3.63, 3.8) is 0 Å². The van der Waals surface area contributed by atoms with Crippen molar-refractivity contribution in [3.05, 3.63) is 72.1 Å². The van der Waals surface area contributed by atoms with Gasteiger partial charge < -0.3 is 10.1 Å². The highest BCUT2D eigenvalue weighted by Crippen LogP contribution is 2.21. The summed E-state index contributed by atoms with van der Waals surface area (Å²) >= 11 is 0. The summed E-state index contributed by atoms with van der Waals surface area (Å²) in [6.45, 7) is 0. The second-order valence-electron chi connectivity index (χ2n) is 4.91. The molecule has 1 amide bonds. The van der Waals surface area contributed by atoms with Gasteiger partial charge in [0.15, 0.2) is 23.1 Å². The molecule has 1 aromatic heterocycles. The molecule has 0 spiro atoms. The minimum Gasteiger partial charge on any atom is -0.493 e. The number of rotatable bonds is 4. The van der Waals surface area contributed by atoms with Gasteiger partial charge in [-0.05, 0) is 24.3 Å². The van der Waals surface area contributed by atoms with Gasteiger partial charge in [-0.15, -0.1) is 0 Å². The first-order valence-corrected chi connectivity index (χ1v) is 7.04. The van der Waals surface area contributed by atoms with Gasteiger partial charge in [-0.25, -0.2) is 13.5 Å². The lowest BCUT2D eigenvalue weighted by atomic mass is 10.3. The highest BCUT2D eigenvalue weighted by Gasteiger charge is 2.19. The Morgan fingerprint density at radius 2 is 1.88 bits per heavy atom. The van der Waals surface area contributed by atoms with Crippen molar-refractivity contribution in [2.24, 2.45) is 0 Å². The third-order valence-electron chi connectivity index (χ3n) is 3.31. The largest absolute Gasteiger partial charge is 0.493 e. The van der Waals surface area contributed by atoms with Gasteiger partial charge in [0.1, 0.15) is 0 Å². The van der Waals surface area contributed by atoms with Crippen molar-refractivity contribution in [2.45, 2.75) is 0 Å². The molecule has 24 heavy (non-hydrogen) atoms. The highest BCUT2D eigenvalue weighted by atomic mass is 19.2. The number of methoxy groups -OCH3 is 1. The highest BCUT2D eigenvalue weighted by molar-refractivity contribution is 6.04. The molecule has 1 N–H and O–H groups in total. The van der Waals surface area contributed by atoms with Crippen LogP contribution in [0.15, 0.2) is 54.7 Å². The maximum absolute atomic E-state index is 13.2. The van der Waals surface area contributed by atoms with Crippen molar-refractivity contribution in [1.82, 2.24) is 9.78 Å². The lowest BCUT2D eigenvalue weighted by molar-refractivity contribution is 0.101. The monoisotopic (exact) mass is 329 g/mol. The number of para-hydroxylation sites is 1. The second-order valence-corrected chi connectivity index (χ2v) is 4.91. The van der Waals surface area contributed by atoms with E-state index in [0.717, 1.165) is 17.8 Å². The van der Waals surface area contributed by atoms with Gasteiger partial charge >= 0.3 is 0 Å². The molecule has 7 heteroatoms. The van der Waals surface area contributed by atoms with E-state index in [1.807, 2.05) is 30.3 Å². The third kappa shape index (κ3) is 3.10. The van der Waals surface area contributed by atoms with Gasteiger partial charge in [-0.3, -0.25) is 4.79 Å². The second kappa shape index (κ2) is 6.49. The average Bonchev–Trinajstić information content (AvgIpc) is 3.03. The van der Waals surface area contributed by atoms with E-state index in [0.29, 0.717) is 0 Å². The van der Waals surface area contributed by atoms with Crippen LogP contribution in [0.1, 0.15) is 10.5 Å². The maximum atomic E-state index is 13.2. The maximum Gasteiger partial charge on any atom is 0.280 e. The van der Waals surface area contributed by atoms with E-state index in [1.165, 1.54) is 17.9 Å². The molecule has 3 rings (SSSR count). The lowest BCUT2D eigenvalue weighted by Crippen LogP contribution is -2.14. The number of nitrogens with one attached hydrogen (secondary N) is 1. The van der Waals surface area contributed by atoms with E-state index < -0.39 is 17.5 Å². The molecule has 1 heterocycles. The lowest BCUT2D eigenvalue weighted by Gasteiger charge is -2.05. The zero-order chi connectivity index (χ0) is 17.1. The van der Waals surface area contributed by atoms with E-state index in [-0.39, 0.29) is 17.1 Å². The molecule has 0 radical (unpaired) electrons. The molecule has 122 valence electrons. The van der Waals surface area contributed by atoms with Gasteiger partial charge in [0.25, 0.3) is 5.91 Å². The van der Waals surface area contributed by atoms with Crippen LogP contribution >= 0.6 is 0 Å². The molecule has 0 aliphatic carbocycles. The van der Waals surface area contributed by atoms with E-state index in [1.54, 1.807) is 6.20 Å². The predicted octanol–water partition coefficient (Wildman–Crippen LogP) is 3.41. The number of aromatic nitrogens is 2. The number of amides is 1. The molecule has 5 nitrogen and oxygen atoms in total. The van der Waals surface area contributed by atoms with Gasteiger partial charge in [0, 0.05) is 11.8 Å². The van der Waals surface area contributed by atoms with Crippen LogP contribution in [0.2, 0.25) is 0 Å². The molecule has 0 fully saturated rings. The number of halogens is 2. The molecule has 0 atom stereocenters. The Morgan fingerprint density at radius 3 is 2.54 bits per heavy atom. The zero-order valence-electron chi connectivity index (χ0n) is 12.7. The molecular weight excluding hydrogens is 316 g/mol. The number of hydrogen-bond acceptors (Lipinski definition) is 3. The van der Waals surface area contributed by atoms with Gasteiger partial charge in [0.05, 0.1) is 19.0 Å². The Labute approximate surface area is 136 Å². The molecular formula is C17H13F2N3O2. The van der Waals surface area contributed by atoms with Crippen molar-refractivity contribution in [1.29, 1.82) is 0 Å². The van der Waals surface area contributed by atoms with Crippen LogP contribution in [0.3, 0.4) is 0 Å². The molecule has 0 saturated heterocycles. The Kier molecular flexibility index (Phi) is 4.24. The number of anilines is 1. The Bertz CT molecular complexity index is 879. The Balaban J connectivity index is 1.89. The van der Waals surface area contributed by atoms with Crippen LogP contribution in [0, 0.1) is 11.6 Å². The summed E-state index contributed by atoms with van der Waals surface area (Å²) in [5.74, 6) is -2.36. The summed E-state index contributed by atoms with van der Waals surface area (Å²) in [5.41, 5.74) is 0.906. The molecule has 0 saturated carbocycles. The number of benzene rings is 2. The number of carbonyl (C=O) groups excluding carboxylic acids is 1. The van der Waals surface area contributed by atoms with Crippen LogP contribution in [0.5, 0.6) is 5.75 Å². The Hall–Kier alpha value is -3.22. The fraction of sp³-hybridized carbons (Fsp3) is 0.0588. The van der Waals surface area contributed by atoms with E-state index in [9.17, 15) is 13.6 Å². The fourth-order valence-electron chi connectivity index (χ4n) is 2.14. The third-order valence-corrected chi connectivity index (χ3v) is 3.31. The molecule has 3 aromatic rings. The van der Waals surface area contributed by atoms with Crippen molar-refractivity contribution >= 4 is 11.6 Å². The van der Waals surface area contributed by atoms with Crippen molar-refractivity contribution in [2.75, 3.05) is 12.4 Å². The molecule has 0 aliphatic rings. The fourth-order valence-corrected chi connectivity index (χ4v) is 2.14. The number of ether oxygens (including phenoxy) is 1. The molecule has 0 aliphatic heterocycles. The SMILES string of the molecule is COc1cn(-c2ccccc2)nc1C(=O)Nc1ccc(F)c(F)c1. The summed E-state index contributed by atoms with van der Waals surface area (Å²) in [5, 5.41) is 6.66. The van der Waals surface area contributed by atoms with E-state index >= 15 is 0 Å². The van der Waals surface area contributed by atoms with Crippen LogP contribution in [-0.4, -0.2) is 22.8 Å². The smallest absolute Gasteiger partial charge is 0.280 e. The Morgan fingerprint density at radius 1 is 1.12 bits per heavy atom. The average molecular weight is 329 g/mol. The zero-order valence-corrected chi connectivity index (χ0v) is 12.7. The summed E-state index contributed by atoms with van der Waals surface area (Å²) in [6.07, 6.45) is 1.56. The van der Waals surface area contributed by atoms with Crippen LogP contribution in [0.25, 0.3) is 5.69 Å². The predicted molar refractivity (Wildman–Crippen MR) is 84.4 cm³/mol.